The van der Waals surface area contributed by atoms with E-state index in [1.807, 2.05) is 46.2 Å². The van der Waals surface area contributed by atoms with Crippen molar-refractivity contribution in [2.45, 2.75) is 62.9 Å². The predicted octanol–water partition coefficient (Wildman–Crippen LogP) is 6.72. The molecule has 0 aliphatic carbocycles. The summed E-state index contributed by atoms with van der Waals surface area (Å²) < 4.78 is 4.76. The number of urea groups is 1. The summed E-state index contributed by atoms with van der Waals surface area (Å²) in [7, 11) is 1.34. The van der Waals surface area contributed by atoms with E-state index in [1.165, 1.54) is 18.2 Å². The number of hydrogen-bond acceptors (Lipinski definition) is 5. The largest absolute Gasteiger partial charge is 0.453 e. The Hall–Kier alpha value is -3.59. The average Bonchev–Trinajstić information content (AvgIpc) is 3.13. The van der Waals surface area contributed by atoms with Crippen LogP contribution >= 0.6 is 11.6 Å². The lowest BCUT2D eigenvalue weighted by atomic mass is 9.72. The Balaban J connectivity index is 1.40. The molecule has 0 spiro atoms. The zero-order valence-corrected chi connectivity index (χ0v) is 28.5. The van der Waals surface area contributed by atoms with Crippen LogP contribution in [0.2, 0.25) is 5.02 Å². The van der Waals surface area contributed by atoms with Crippen LogP contribution in [-0.4, -0.2) is 73.4 Å². The number of nitrogens with one attached hydrogen (secondary N) is 1. The summed E-state index contributed by atoms with van der Waals surface area (Å²) in [5, 5.41) is 16.2. The number of alkyl carbamates (subject to hydrolysis) is 1. The monoisotopic (exact) mass is 660 g/mol. The molecule has 0 bridgehead atoms. The van der Waals surface area contributed by atoms with E-state index in [-0.39, 0.29) is 17.4 Å². The van der Waals surface area contributed by atoms with Crippen LogP contribution in [0.4, 0.5) is 9.59 Å². The number of hydrogen-bond donors (Lipinski definition) is 3. The van der Waals surface area contributed by atoms with Crippen molar-refractivity contribution in [3.8, 4) is 11.1 Å². The Morgan fingerprint density at radius 1 is 1.04 bits per heavy atom. The van der Waals surface area contributed by atoms with Gasteiger partial charge >= 0.3 is 12.1 Å². The van der Waals surface area contributed by atoms with Crippen LogP contribution in [0.3, 0.4) is 0 Å². The second-order valence-electron chi connectivity index (χ2n) is 13.1. The van der Waals surface area contributed by atoms with Crippen LogP contribution in [0.15, 0.2) is 72.8 Å². The molecule has 2 atom stereocenters. The summed E-state index contributed by atoms with van der Waals surface area (Å²) in [6.45, 7) is 5.37. The molecule has 8 nitrogen and oxygen atoms in total. The lowest BCUT2D eigenvalue weighted by molar-refractivity contribution is -0.0565. The summed E-state index contributed by atoms with van der Waals surface area (Å²) in [5.74, 6) is -0.234. The van der Waals surface area contributed by atoms with E-state index in [9.17, 15) is 14.7 Å². The van der Waals surface area contributed by atoms with Gasteiger partial charge in [0.1, 0.15) is 0 Å². The molecule has 2 saturated heterocycles. The van der Waals surface area contributed by atoms with Gasteiger partial charge in [-0.1, -0.05) is 85.3 Å². The number of nitrogens with zero attached hydrogens (tertiary/aromatic N) is 2. The highest BCUT2D eigenvalue weighted by Crippen LogP contribution is 2.46. The number of aryl methyl sites for hydroxylation is 1. The van der Waals surface area contributed by atoms with Gasteiger partial charge < -0.3 is 30.7 Å². The molecule has 2 aliphatic heterocycles. The third-order valence-corrected chi connectivity index (χ3v) is 10.7. The maximum atomic E-state index is 14.0. The number of amides is 3. The van der Waals surface area contributed by atoms with Crippen molar-refractivity contribution in [3.63, 3.8) is 0 Å². The Bertz CT molecular complexity index is 1510. The van der Waals surface area contributed by atoms with Crippen LogP contribution in [0, 0.1) is 5.92 Å². The fourth-order valence-corrected chi connectivity index (χ4v) is 7.86. The van der Waals surface area contributed by atoms with E-state index in [0.717, 1.165) is 48.8 Å². The second-order valence-corrected chi connectivity index (χ2v) is 13.5. The standard InChI is InChI=1S/C38H49ClN4O4/c1-3-28-11-7-12-29(25-28)34-32(16-8-17-33(34)39)38(46,18-10-21-41-35(44)47-2)31-15-9-22-43(26-31)36(45)42-23-19-37(27-40,20-24-42)30-13-5-4-6-14-30/h4-8,11-14,16-17,25,31,46H,3,9-10,15,18-24,26-27,40H2,1-2H3,(H,41,44)/t31-,38+/m1/s1. The molecular formula is C38H49ClN4O4. The molecule has 2 heterocycles. The van der Waals surface area contributed by atoms with E-state index in [2.05, 4.69) is 48.6 Å². The molecule has 0 unspecified atom stereocenters. The topological polar surface area (TPSA) is 108 Å². The maximum absolute atomic E-state index is 14.0. The van der Waals surface area contributed by atoms with Crippen molar-refractivity contribution in [2.75, 3.05) is 46.4 Å². The molecule has 2 fully saturated rings. The van der Waals surface area contributed by atoms with Crippen molar-refractivity contribution in [2.24, 2.45) is 11.7 Å². The first-order chi connectivity index (χ1) is 22.7. The number of carbonyl (C=O) groups is 2. The summed E-state index contributed by atoms with van der Waals surface area (Å²) in [5.41, 5.74) is 9.84. The molecule has 3 aromatic rings. The van der Waals surface area contributed by atoms with Gasteiger partial charge in [-0.05, 0) is 73.3 Å². The minimum absolute atomic E-state index is 0.0186. The van der Waals surface area contributed by atoms with E-state index < -0.39 is 11.7 Å². The first-order valence-corrected chi connectivity index (χ1v) is 17.3. The SMILES string of the molecule is CCc1cccc(-c2c(Cl)cccc2[C@](O)(CCCNC(=O)OC)[C@@H]2CCCN(C(=O)N3CCC(CN)(c4ccccc4)CC3)C2)c1. The number of likely N-dealkylation sites (tertiary alicyclic amines) is 2. The molecule has 47 heavy (non-hydrogen) atoms. The van der Waals surface area contributed by atoms with Gasteiger partial charge in [0, 0.05) is 61.2 Å². The Morgan fingerprint density at radius 2 is 1.79 bits per heavy atom. The molecule has 0 radical (unpaired) electrons. The smallest absolute Gasteiger partial charge is 0.406 e. The van der Waals surface area contributed by atoms with E-state index in [1.54, 1.807) is 0 Å². The van der Waals surface area contributed by atoms with Crippen LogP contribution in [0.5, 0.6) is 0 Å². The molecule has 4 N–H and O–H groups in total. The molecule has 0 aromatic heterocycles. The minimum atomic E-state index is -1.30. The summed E-state index contributed by atoms with van der Waals surface area (Å²) in [4.78, 5) is 29.7. The normalized spacial score (nSPS) is 19.1. The molecular weight excluding hydrogens is 612 g/mol. The first kappa shape index (κ1) is 34.7. The molecule has 0 saturated carbocycles. The lowest BCUT2D eigenvalue weighted by Gasteiger charge is -2.46. The van der Waals surface area contributed by atoms with Gasteiger partial charge in [0.2, 0.25) is 0 Å². The zero-order chi connectivity index (χ0) is 33.4. The Morgan fingerprint density at radius 3 is 2.49 bits per heavy atom. The van der Waals surface area contributed by atoms with Crippen LogP contribution in [0.1, 0.15) is 62.1 Å². The number of rotatable bonds is 10. The molecule has 3 amide bonds. The van der Waals surface area contributed by atoms with Crippen molar-refractivity contribution >= 4 is 23.7 Å². The van der Waals surface area contributed by atoms with Gasteiger partial charge in [-0.3, -0.25) is 0 Å². The van der Waals surface area contributed by atoms with Gasteiger partial charge in [-0.2, -0.15) is 0 Å². The molecule has 252 valence electrons. The van der Waals surface area contributed by atoms with Gasteiger partial charge in [-0.25, -0.2) is 9.59 Å². The van der Waals surface area contributed by atoms with E-state index in [0.29, 0.717) is 57.1 Å². The fourth-order valence-electron chi connectivity index (χ4n) is 7.57. The summed E-state index contributed by atoms with van der Waals surface area (Å²) in [6.07, 6.45) is 4.45. The van der Waals surface area contributed by atoms with Gasteiger partial charge in [0.15, 0.2) is 0 Å². The zero-order valence-electron chi connectivity index (χ0n) is 27.7. The number of carbonyl (C=O) groups excluding carboxylic acids is 2. The number of benzene rings is 3. The number of piperidine rings is 2. The average molecular weight is 661 g/mol. The third-order valence-electron chi connectivity index (χ3n) is 10.4. The molecule has 9 heteroatoms. The number of aliphatic hydroxyl groups is 1. The summed E-state index contributed by atoms with van der Waals surface area (Å²) in [6, 6.07) is 24.4. The minimum Gasteiger partial charge on any atom is -0.453 e. The predicted molar refractivity (Wildman–Crippen MR) is 187 cm³/mol. The van der Waals surface area contributed by atoms with Gasteiger partial charge in [0.05, 0.1) is 12.7 Å². The highest BCUT2D eigenvalue weighted by atomic mass is 35.5. The van der Waals surface area contributed by atoms with Crippen LogP contribution in [-0.2, 0) is 22.2 Å². The third kappa shape index (κ3) is 7.61. The van der Waals surface area contributed by atoms with E-state index in [4.69, 9.17) is 22.1 Å². The quantitative estimate of drug-likeness (QED) is 0.209. The first-order valence-electron chi connectivity index (χ1n) is 17.0. The Kier molecular flexibility index (Phi) is 11.5. The van der Waals surface area contributed by atoms with Crippen LogP contribution < -0.4 is 11.1 Å². The highest BCUT2D eigenvalue weighted by Gasteiger charge is 2.44. The van der Waals surface area contributed by atoms with Crippen molar-refractivity contribution in [1.82, 2.24) is 15.1 Å². The summed E-state index contributed by atoms with van der Waals surface area (Å²) >= 11 is 6.92. The van der Waals surface area contributed by atoms with Crippen molar-refractivity contribution < 1.29 is 19.4 Å². The number of halogens is 1. The lowest BCUT2D eigenvalue weighted by Crippen LogP contribution is -2.55. The second kappa shape index (κ2) is 15.5. The van der Waals surface area contributed by atoms with Gasteiger partial charge in [-0.15, -0.1) is 0 Å². The van der Waals surface area contributed by atoms with Crippen molar-refractivity contribution in [3.05, 3.63) is 94.5 Å². The van der Waals surface area contributed by atoms with E-state index >= 15 is 0 Å². The molecule has 2 aliphatic rings. The van der Waals surface area contributed by atoms with Crippen molar-refractivity contribution in [1.29, 1.82) is 0 Å². The fraction of sp³-hybridized carbons (Fsp3) is 0.474. The number of methoxy groups -OCH3 is 1. The Labute approximate surface area is 284 Å². The molecule has 3 aromatic carbocycles. The molecule has 5 rings (SSSR count). The number of ether oxygens (including phenoxy) is 1. The van der Waals surface area contributed by atoms with Gasteiger partial charge in [0.25, 0.3) is 0 Å². The highest BCUT2D eigenvalue weighted by molar-refractivity contribution is 6.33. The van der Waals surface area contributed by atoms with Crippen LogP contribution in [0.25, 0.3) is 11.1 Å². The number of nitrogens with two attached hydrogens (primary N) is 1. The maximum Gasteiger partial charge on any atom is 0.406 e.